The SMILES string of the molecule is CCN(Cc1cccc(F)c1)C(=O)NCCS(C)(=O)=O. The average Bonchev–Trinajstić information content (AvgIpc) is 2.34. The summed E-state index contributed by atoms with van der Waals surface area (Å²) in [6.07, 6.45) is 1.11. The third-order valence-electron chi connectivity index (χ3n) is 2.68. The summed E-state index contributed by atoms with van der Waals surface area (Å²) in [4.78, 5) is 13.4. The van der Waals surface area contributed by atoms with E-state index < -0.39 is 9.84 Å². The third kappa shape index (κ3) is 6.01. The zero-order valence-electron chi connectivity index (χ0n) is 11.6. The molecule has 0 aliphatic heterocycles. The lowest BCUT2D eigenvalue weighted by Gasteiger charge is -2.21. The Morgan fingerprint density at radius 1 is 1.40 bits per heavy atom. The smallest absolute Gasteiger partial charge is 0.317 e. The fourth-order valence-electron chi connectivity index (χ4n) is 1.64. The van der Waals surface area contributed by atoms with Gasteiger partial charge in [0.15, 0.2) is 0 Å². The summed E-state index contributed by atoms with van der Waals surface area (Å²) in [6.45, 7) is 2.59. The summed E-state index contributed by atoms with van der Waals surface area (Å²) in [6, 6.07) is 5.66. The lowest BCUT2D eigenvalue weighted by Crippen LogP contribution is -2.41. The summed E-state index contributed by atoms with van der Waals surface area (Å²) in [5.74, 6) is -0.452. The predicted molar refractivity (Wildman–Crippen MR) is 75.6 cm³/mol. The maximum absolute atomic E-state index is 13.1. The van der Waals surface area contributed by atoms with Gasteiger partial charge in [-0.3, -0.25) is 0 Å². The van der Waals surface area contributed by atoms with Crippen molar-refractivity contribution in [3.8, 4) is 0 Å². The molecule has 7 heteroatoms. The van der Waals surface area contributed by atoms with Gasteiger partial charge in [-0.15, -0.1) is 0 Å². The molecule has 0 heterocycles. The minimum Gasteiger partial charge on any atom is -0.337 e. The number of nitrogens with one attached hydrogen (secondary N) is 1. The van der Waals surface area contributed by atoms with Crippen molar-refractivity contribution in [2.24, 2.45) is 0 Å². The number of nitrogens with zero attached hydrogens (tertiary/aromatic N) is 1. The third-order valence-corrected chi connectivity index (χ3v) is 3.63. The minimum absolute atomic E-state index is 0.0668. The second-order valence-electron chi connectivity index (χ2n) is 4.51. The molecule has 1 rings (SSSR count). The lowest BCUT2D eigenvalue weighted by molar-refractivity contribution is 0.198. The zero-order chi connectivity index (χ0) is 15.2. The van der Waals surface area contributed by atoms with Crippen molar-refractivity contribution in [2.75, 3.05) is 25.1 Å². The van der Waals surface area contributed by atoms with Gasteiger partial charge in [0, 0.05) is 25.9 Å². The van der Waals surface area contributed by atoms with Crippen molar-refractivity contribution in [1.29, 1.82) is 0 Å². The van der Waals surface area contributed by atoms with Crippen LogP contribution in [0.5, 0.6) is 0 Å². The number of hydrogen-bond acceptors (Lipinski definition) is 3. The van der Waals surface area contributed by atoms with Gasteiger partial charge in [-0.25, -0.2) is 17.6 Å². The van der Waals surface area contributed by atoms with Crippen LogP contribution in [0.2, 0.25) is 0 Å². The van der Waals surface area contributed by atoms with Crippen molar-refractivity contribution < 1.29 is 17.6 Å². The molecule has 0 fully saturated rings. The Bertz CT molecular complexity index is 560. The van der Waals surface area contributed by atoms with Crippen molar-refractivity contribution >= 4 is 15.9 Å². The van der Waals surface area contributed by atoms with Gasteiger partial charge in [0.25, 0.3) is 0 Å². The first kappa shape index (κ1) is 16.4. The number of benzene rings is 1. The van der Waals surface area contributed by atoms with Gasteiger partial charge in [0.1, 0.15) is 15.7 Å². The number of hydrogen-bond donors (Lipinski definition) is 1. The van der Waals surface area contributed by atoms with E-state index in [0.29, 0.717) is 12.1 Å². The summed E-state index contributed by atoms with van der Waals surface area (Å²) < 4.78 is 35.0. The quantitative estimate of drug-likeness (QED) is 0.864. The molecule has 2 amide bonds. The Morgan fingerprint density at radius 2 is 2.10 bits per heavy atom. The molecule has 0 spiro atoms. The van der Waals surface area contributed by atoms with Crippen LogP contribution in [0.3, 0.4) is 0 Å². The Balaban J connectivity index is 2.55. The van der Waals surface area contributed by atoms with E-state index in [4.69, 9.17) is 0 Å². The lowest BCUT2D eigenvalue weighted by atomic mass is 10.2. The van der Waals surface area contributed by atoms with Crippen LogP contribution in [-0.2, 0) is 16.4 Å². The molecule has 0 atom stereocenters. The number of sulfone groups is 1. The number of carbonyl (C=O) groups is 1. The van der Waals surface area contributed by atoms with Gasteiger partial charge in [0.05, 0.1) is 5.75 Å². The van der Waals surface area contributed by atoms with Gasteiger partial charge in [-0.05, 0) is 24.6 Å². The Morgan fingerprint density at radius 3 is 2.65 bits per heavy atom. The van der Waals surface area contributed by atoms with E-state index in [1.807, 2.05) is 0 Å². The highest BCUT2D eigenvalue weighted by atomic mass is 32.2. The van der Waals surface area contributed by atoms with Crippen molar-refractivity contribution in [1.82, 2.24) is 10.2 Å². The summed E-state index contributed by atoms with van der Waals surface area (Å²) in [5.41, 5.74) is 0.685. The molecule has 20 heavy (non-hydrogen) atoms. The summed E-state index contributed by atoms with van der Waals surface area (Å²) >= 11 is 0. The fourth-order valence-corrected chi connectivity index (χ4v) is 2.11. The first-order valence-electron chi connectivity index (χ1n) is 6.27. The molecule has 0 unspecified atom stereocenters. The molecule has 1 aromatic carbocycles. The Kier molecular flexibility index (Phi) is 5.94. The van der Waals surface area contributed by atoms with Crippen LogP contribution in [0.15, 0.2) is 24.3 Å². The molecule has 0 aliphatic rings. The second-order valence-corrected chi connectivity index (χ2v) is 6.77. The largest absolute Gasteiger partial charge is 0.337 e. The number of amides is 2. The van der Waals surface area contributed by atoms with Crippen LogP contribution in [0.25, 0.3) is 0 Å². The predicted octanol–water partition coefficient (Wildman–Crippen LogP) is 1.40. The fraction of sp³-hybridized carbons (Fsp3) is 0.462. The number of urea groups is 1. The standard InChI is InChI=1S/C13H19FN2O3S/c1-3-16(10-11-5-4-6-12(14)9-11)13(17)15-7-8-20(2,18)19/h4-6,9H,3,7-8,10H2,1-2H3,(H,15,17). The molecule has 0 radical (unpaired) electrons. The van der Waals surface area contributed by atoms with Crippen LogP contribution >= 0.6 is 0 Å². The first-order valence-corrected chi connectivity index (χ1v) is 8.33. The van der Waals surface area contributed by atoms with Gasteiger partial charge in [-0.2, -0.15) is 0 Å². The van der Waals surface area contributed by atoms with E-state index in [-0.39, 0.29) is 30.7 Å². The van der Waals surface area contributed by atoms with Crippen LogP contribution in [0, 0.1) is 5.82 Å². The highest BCUT2D eigenvalue weighted by Crippen LogP contribution is 2.07. The molecule has 0 aromatic heterocycles. The molecule has 0 saturated heterocycles. The van der Waals surface area contributed by atoms with Gasteiger partial charge in [-0.1, -0.05) is 12.1 Å². The van der Waals surface area contributed by atoms with Crippen molar-refractivity contribution in [3.63, 3.8) is 0 Å². The Hall–Kier alpha value is -1.63. The van der Waals surface area contributed by atoms with Crippen LogP contribution in [-0.4, -0.2) is 44.4 Å². The minimum atomic E-state index is -3.10. The van der Waals surface area contributed by atoms with E-state index in [2.05, 4.69) is 5.32 Å². The Labute approximate surface area is 118 Å². The molecule has 112 valence electrons. The molecule has 5 nitrogen and oxygen atoms in total. The second kappa shape index (κ2) is 7.23. The van der Waals surface area contributed by atoms with Gasteiger partial charge in [0.2, 0.25) is 0 Å². The molecule has 1 aromatic rings. The van der Waals surface area contributed by atoms with E-state index in [0.717, 1.165) is 6.26 Å². The normalized spacial score (nSPS) is 11.2. The maximum atomic E-state index is 13.1. The number of carbonyl (C=O) groups excluding carboxylic acids is 1. The summed E-state index contributed by atoms with van der Waals surface area (Å²) in [7, 11) is -3.10. The monoisotopic (exact) mass is 302 g/mol. The molecule has 1 N–H and O–H groups in total. The van der Waals surface area contributed by atoms with E-state index in [1.54, 1.807) is 19.1 Å². The zero-order valence-corrected chi connectivity index (χ0v) is 12.4. The number of rotatable bonds is 6. The number of halogens is 1. The van der Waals surface area contributed by atoms with Crippen LogP contribution in [0.4, 0.5) is 9.18 Å². The highest BCUT2D eigenvalue weighted by molar-refractivity contribution is 7.90. The van der Waals surface area contributed by atoms with Crippen molar-refractivity contribution in [3.05, 3.63) is 35.6 Å². The van der Waals surface area contributed by atoms with Crippen molar-refractivity contribution in [2.45, 2.75) is 13.5 Å². The van der Waals surface area contributed by atoms with Crippen LogP contribution < -0.4 is 5.32 Å². The molecular formula is C13H19FN2O3S. The maximum Gasteiger partial charge on any atom is 0.317 e. The highest BCUT2D eigenvalue weighted by Gasteiger charge is 2.12. The van der Waals surface area contributed by atoms with Gasteiger partial charge < -0.3 is 10.2 Å². The van der Waals surface area contributed by atoms with Gasteiger partial charge >= 0.3 is 6.03 Å². The van der Waals surface area contributed by atoms with E-state index in [1.165, 1.54) is 17.0 Å². The van der Waals surface area contributed by atoms with E-state index >= 15 is 0 Å². The topological polar surface area (TPSA) is 66.5 Å². The van der Waals surface area contributed by atoms with E-state index in [9.17, 15) is 17.6 Å². The summed E-state index contributed by atoms with van der Waals surface area (Å²) in [5, 5.41) is 2.54. The molecule has 0 aliphatic carbocycles. The van der Waals surface area contributed by atoms with Crippen LogP contribution in [0.1, 0.15) is 12.5 Å². The molecular weight excluding hydrogens is 283 g/mol. The average molecular weight is 302 g/mol. The molecule has 0 saturated carbocycles. The molecule has 0 bridgehead atoms. The first-order chi connectivity index (χ1) is 9.31.